The van der Waals surface area contributed by atoms with Crippen LogP contribution in [-0.2, 0) is 10.0 Å². The van der Waals surface area contributed by atoms with Crippen molar-refractivity contribution < 1.29 is 18.4 Å². The highest BCUT2D eigenvalue weighted by Crippen LogP contribution is 2.31. The van der Waals surface area contributed by atoms with Gasteiger partial charge in [-0.3, -0.25) is 14.4 Å². The van der Waals surface area contributed by atoms with E-state index < -0.39 is 14.9 Å². The number of nitro benzene ring substituents is 1. The molecule has 0 aromatic heterocycles. The number of nitrogens with zero attached hydrogens (tertiary/aromatic N) is 2. The highest BCUT2D eigenvalue weighted by molar-refractivity contribution is 7.92. The van der Waals surface area contributed by atoms with Crippen LogP contribution in [0.4, 0.5) is 11.4 Å². The Balaban J connectivity index is 2.64. The van der Waals surface area contributed by atoms with E-state index in [4.69, 9.17) is 5.11 Å². The Bertz CT molecular complexity index is 966. The fourth-order valence-electron chi connectivity index (χ4n) is 2.48. The van der Waals surface area contributed by atoms with E-state index in [-0.39, 0.29) is 29.4 Å². The monoisotopic (exact) mass is 388 g/mol. The molecular weight excluding hydrogens is 368 g/mol. The van der Waals surface area contributed by atoms with Gasteiger partial charge in [-0.05, 0) is 25.1 Å². The number of hydrogen-bond donors (Lipinski definition) is 1. The Morgan fingerprint density at radius 1 is 1.22 bits per heavy atom. The van der Waals surface area contributed by atoms with Crippen molar-refractivity contribution in [2.24, 2.45) is 0 Å². The third kappa shape index (κ3) is 4.60. The summed E-state index contributed by atoms with van der Waals surface area (Å²) in [5.41, 5.74) is 1.30. The third-order valence-electron chi connectivity index (χ3n) is 3.80. The van der Waals surface area contributed by atoms with Crippen LogP contribution in [-0.4, -0.2) is 31.6 Å². The van der Waals surface area contributed by atoms with Crippen LogP contribution in [0.15, 0.2) is 66.1 Å². The van der Waals surface area contributed by atoms with Crippen LogP contribution in [0, 0.1) is 17.0 Å². The number of non-ortho nitro benzene ring substituents is 1. The molecule has 1 N–H and O–H groups in total. The summed E-state index contributed by atoms with van der Waals surface area (Å²) in [6.07, 6.45) is 4.27. The molecule has 0 fully saturated rings. The number of aliphatic hydroxyl groups is 1. The molecule has 142 valence electrons. The topological polar surface area (TPSA) is 101 Å². The molecule has 2 aromatic carbocycles. The lowest BCUT2D eigenvalue weighted by Gasteiger charge is -2.25. The lowest BCUT2D eigenvalue weighted by molar-refractivity contribution is -0.384. The molecule has 0 radical (unpaired) electrons. The molecule has 27 heavy (non-hydrogen) atoms. The van der Waals surface area contributed by atoms with E-state index in [1.807, 2.05) is 6.92 Å². The molecule has 8 heteroatoms. The Hall–Kier alpha value is -2.97. The number of anilines is 1. The zero-order valence-electron chi connectivity index (χ0n) is 14.8. The second-order valence-electron chi connectivity index (χ2n) is 5.72. The van der Waals surface area contributed by atoms with Crippen LogP contribution < -0.4 is 4.31 Å². The molecule has 0 heterocycles. The molecular formula is C19H20N2O5S. The van der Waals surface area contributed by atoms with Crippen molar-refractivity contribution in [2.75, 3.05) is 17.5 Å². The Morgan fingerprint density at radius 3 is 2.44 bits per heavy atom. The van der Waals surface area contributed by atoms with Gasteiger partial charge < -0.3 is 5.11 Å². The van der Waals surface area contributed by atoms with Gasteiger partial charge in [-0.2, -0.15) is 0 Å². The predicted octanol–water partition coefficient (Wildman–Crippen LogP) is 3.29. The van der Waals surface area contributed by atoms with Gasteiger partial charge in [-0.15, -0.1) is 6.58 Å². The smallest absolute Gasteiger partial charge is 0.270 e. The summed E-state index contributed by atoms with van der Waals surface area (Å²) in [4.78, 5) is 10.6. The average Bonchev–Trinajstić information content (AvgIpc) is 2.64. The Kier molecular flexibility index (Phi) is 6.49. The second-order valence-corrected chi connectivity index (χ2v) is 7.59. The molecule has 0 saturated heterocycles. The minimum atomic E-state index is -3.92. The van der Waals surface area contributed by atoms with Gasteiger partial charge in [0.1, 0.15) is 0 Å². The van der Waals surface area contributed by atoms with Crippen molar-refractivity contribution in [2.45, 2.75) is 11.8 Å². The number of hydrogen-bond acceptors (Lipinski definition) is 5. The van der Waals surface area contributed by atoms with E-state index in [1.54, 1.807) is 12.1 Å². The summed E-state index contributed by atoms with van der Waals surface area (Å²) in [7, 11) is -3.92. The molecule has 0 amide bonds. The fourth-order valence-corrected chi connectivity index (χ4v) is 3.94. The number of aryl methyl sites for hydroxylation is 1. The summed E-state index contributed by atoms with van der Waals surface area (Å²) in [5.74, 6) is 0. The molecule has 0 atom stereocenters. The number of sulfonamides is 1. The summed E-state index contributed by atoms with van der Waals surface area (Å²) >= 11 is 0. The van der Waals surface area contributed by atoms with Crippen molar-refractivity contribution in [3.63, 3.8) is 0 Å². The van der Waals surface area contributed by atoms with Crippen molar-refractivity contribution >= 4 is 27.5 Å². The van der Waals surface area contributed by atoms with Gasteiger partial charge in [0.2, 0.25) is 0 Å². The Labute approximate surface area is 158 Å². The molecule has 0 unspecified atom stereocenters. The maximum Gasteiger partial charge on any atom is 0.270 e. The molecule has 2 rings (SSSR count). The first-order chi connectivity index (χ1) is 12.8. The maximum atomic E-state index is 13.1. The first kappa shape index (κ1) is 20.3. The quantitative estimate of drug-likeness (QED) is 0.425. The van der Waals surface area contributed by atoms with Gasteiger partial charge in [0.25, 0.3) is 15.7 Å². The maximum absolute atomic E-state index is 13.1. The normalized spacial score (nSPS) is 11.5. The second kappa shape index (κ2) is 8.61. The van der Waals surface area contributed by atoms with Crippen LogP contribution in [0.2, 0.25) is 0 Å². The minimum Gasteiger partial charge on any atom is -0.392 e. The zero-order chi connectivity index (χ0) is 20.0. The van der Waals surface area contributed by atoms with E-state index in [0.29, 0.717) is 5.56 Å². The van der Waals surface area contributed by atoms with Gasteiger partial charge in [-0.1, -0.05) is 35.9 Å². The first-order valence-electron chi connectivity index (χ1n) is 8.07. The van der Waals surface area contributed by atoms with Gasteiger partial charge in [-0.25, -0.2) is 8.42 Å². The van der Waals surface area contributed by atoms with Crippen molar-refractivity contribution in [3.05, 3.63) is 82.4 Å². The summed E-state index contributed by atoms with van der Waals surface area (Å²) in [5, 5.41) is 20.1. The lowest BCUT2D eigenvalue weighted by atomic mass is 10.1. The van der Waals surface area contributed by atoms with E-state index in [0.717, 1.165) is 9.87 Å². The Morgan fingerprint density at radius 2 is 1.89 bits per heavy atom. The standard InChI is InChI=1S/C19H20N2O5S/c1-3-12-20(27(25,26)18-9-6-15(2)7-10-18)19-11-8-17(21(23)24)14-16(19)5-4-13-22/h3-11,14,22H,1,12-13H2,2H3/b5-4+. The lowest BCUT2D eigenvalue weighted by Crippen LogP contribution is -2.31. The van der Waals surface area contributed by atoms with Gasteiger partial charge in [0, 0.05) is 17.7 Å². The highest BCUT2D eigenvalue weighted by atomic mass is 32.2. The van der Waals surface area contributed by atoms with E-state index in [2.05, 4.69) is 6.58 Å². The van der Waals surface area contributed by atoms with E-state index >= 15 is 0 Å². The van der Waals surface area contributed by atoms with Crippen molar-refractivity contribution in [1.82, 2.24) is 0 Å². The molecule has 0 bridgehead atoms. The molecule has 2 aromatic rings. The molecule has 0 spiro atoms. The SMILES string of the molecule is C=CCN(c1ccc([N+](=O)[O-])cc1/C=C/CO)S(=O)(=O)c1ccc(C)cc1. The number of benzene rings is 2. The minimum absolute atomic E-state index is 0.0199. The number of aliphatic hydroxyl groups excluding tert-OH is 1. The molecule has 0 aliphatic heterocycles. The van der Waals surface area contributed by atoms with Crippen LogP contribution in [0.5, 0.6) is 0 Å². The molecule has 7 nitrogen and oxygen atoms in total. The summed E-state index contributed by atoms with van der Waals surface area (Å²) in [6, 6.07) is 10.3. The van der Waals surface area contributed by atoms with Gasteiger partial charge in [0.05, 0.1) is 28.7 Å². The van der Waals surface area contributed by atoms with Crippen LogP contribution >= 0.6 is 0 Å². The fraction of sp³-hybridized carbons (Fsp3) is 0.158. The molecule has 0 saturated carbocycles. The first-order valence-corrected chi connectivity index (χ1v) is 9.51. The largest absolute Gasteiger partial charge is 0.392 e. The van der Waals surface area contributed by atoms with Crippen molar-refractivity contribution in [3.8, 4) is 0 Å². The highest BCUT2D eigenvalue weighted by Gasteiger charge is 2.26. The van der Waals surface area contributed by atoms with Crippen LogP contribution in [0.25, 0.3) is 6.08 Å². The number of rotatable bonds is 8. The summed E-state index contributed by atoms with van der Waals surface area (Å²) < 4.78 is 27.4. The van der Waals surface area contributed by atoms with Crippen molar-refractivity contribution in [1.29, 1.82) is 0 Å². The van der Waals surface area contributed by atoms with E-state index in [9.17, 15) is 18.5 Å². The molecule has 0 aliphatic carbocycles. The van der Waals surface area contributed by atoms with E-state index in [1.165, 1.54) is 48.6 Å². The van der Waals surface area contributed by atoms with Crippen LogP contribution in [0.3, 0.4) is 0 Å². The van der Waals surface area contributed by atoms with Gasteiger partial charge >= 0.3 is 0 Å². The van der Waals surface area contributed by atoms with Crippen LogP contribution in [0.1, 0.15) is 11.1 Å². The van der Waals surface area contributed by atoms with Gasteiger partial charge in [0.15, 0.2) is 0 Å². The average molecular weight is 388 g/mol. The summed E-state index contributed by atoms with van der Waals surface area (Å²) in [6.45, 7) is 5.16. The number of nitro groups is 1. The molecule has 0 aliphatic rings. The predicted molar refractivity (Wildman–Crippen MR) is 105 cm³/mol. The zero-order valence-corrected chi connectivity index (χ0v) is 15.6. The third-order valence-corrected chi connectivity index (χ3v) is 5.59.